The third-order valence-corrected chi connectivity index (χ3v) is 5.33. The number of nitriles is 2. The number of nitrogens with one attached hydrogen (secondary N) is 1. The molecule has 0 radical (unpaired) electrons. The minimum atomic E-state index is -0.346. The second-order valence-corrected chi connectivity index (χ2v) is 7.45. The Morgan fingerprint density at radius 3 is 2.61 bits per heavy atom. The molecule has 0 bridgehead atoms. The molecule has 2 aromatic carbocycles. The van der Waals surface area contributed by atoms with Crippen LogP contribution in [0.1, 0.15) is 48.8 Å². The number of rotatable bonds is 7. The fourth-order valence-electron chi connectivity index (χ4n) is 3.63. The van der Waals surface area contributed by atoms with Crippen molar-refractivity contribution in [3.05, 3.63) is 64.7 Å². The van der Waals surface area contributed by atoms with E-state index in [4.69, 9.17) is 9.47 Å². The average Bonchev–Trinajstić information content (AvgIpc) is 2.82. The molecule has 1 saturated carbocycles. The fourth-order valence-corrected chi connectivity index (χ4v) is 3.63. The van der Waals surface area contributed by atoms with E-state index >= 15 is 0 Å². The lowest BCUT2D eigenvalue weighted by Crippen LogP contribution is -2.36. The maximum absolute atomic E-state index is 12.5. The van der Waals surface area contributed by atoms with Gasteiger partial charge in [-0.05, 0) is 42.7 Å². The molecule has 158 valence electrons. The molecule has 0 aliphatic heterocycles. The lowest BCUT2D eigenvalue weighted by atomic mass is 9.95. The second kappa shape index (κ2) is 10.8. The van der Waals surface area contributed by atoms with Crippen LogP contribution in [0, 0.1) is 22.7 Å². The first-order chi connectivity index (χ1) is 15.1. The zero-order valence-electron chi connectivity index (χ0n) is 17.6. The Labute approximate surface area is 182 Å². The molecular weight excluding hydrogens is 390 g/mol. The molecule has 1 amide bonds. The van der Waals surface area contributed by atoms with Gasteiger partial charge >= 0.3 is 0 Å². The van der Waals surface area contributed by atoms with Crippen molar-refractivity contribution in [1.29, 1.82) is 10.5 Å². The summed E-state index contributed by atoms with van der Waals surface area (Å²) < 4.78 is 11.3. The Morgan fingerprint density at radius 2 is 1.90 bits per heavy atom. The van der Waals surface area contributed by atoms with Crippen molar-refractivity contribution in [2.24, 2.45) is 0 Å². The minimum absolute atomic E-state index is 0.0595. The van der Waals surface area contributed by atoms with Crippen LogP contribution in [0.15, 0.2) is 48.0 Å². The number of hydrogen-bond acceptors (Lipinski definition) is 5. The predicted octanol–water partition coefficient (Wildman–Crippen LogP) is 4.50. The van der Waals surface area contributed by atoms with Gasteiger partial charge in [-0.2, -0.15) is 10.5 Å². The quantitative estimate of drug-likeness (QED) is 0.531. The molecule has 1 fully saturated rings. The smallest absolute Gasteiger partial charge is 0.262 e. The van der Waals surface area contributed by atoms with E-state index in [1.807, 2.05) is 18.2 Å². The van der Waals surface area contributed by atoms with Gasteiger partial charge in [0.15, 0.2) is 11.5 Å². The van der Waals surface area contributed by atoms with Crippen molar-refractivity contribution in [1.82, 2.24) is 5.32 Å². The van der Waals surface area contributed by atoms with Crippen LogP contribution in [0.2, 0.25) is 0 Å². The SMILES string of the molecule is COc1cc(/C=C(/C#N)C(=O)NC2CCCCC2)ccc1OCc1ccccc1C#N. The van der Waals surface area contributed by atoms with Gasteiger partial charge < -0.3 is 14.8 Å². The third kappa shape index (κ3) is 5.87. The Hall–Kier alpha value is -3.77. The van der Waals surface area contributed by atoms with Crippen molar-refractivity contribution in [3.63, 3.8) is 0 Å². The highest BCUT2D eigenvalue weighted by Gasteiger charge is 2.18. The second-order valence-electron chi connectivity index (χ2n) is 7.45. The number of carbonyl (C=O) groups excluding carboxylic acids is 1. The maximum atomic E-state index is 12.5. The summed E-state index contributed by atoms with van der Waals surface area (Å²) in [5, 5.41) is 21.6. The largest absolute Gasteiger partial charge is 0.493 e. The van der Waals surface area contributed by atoms with E-state index in [2.05, 4.69) is 11.4 Å². The summed E-state index contributed by atoms with van der Waals surface area (Å²) in [6.45, 7) is 0.225. The number of nitrogens with zero attached hydrogens (tertiary/aromatic N) is 2. The van der Waals surface area contributed by atoms with Crippen LogP contribution >= 0.6 is 0 Å². The molecule has 0 heterocycles. The number of methoxy groups -OCH3 is 1. The molecule has 3 rings (SSSR count). The summed E-state index contributed by atoms with van der Waals surface area (Å²) in [5.41, 5.74) is 2.06. The number of amides is 1. The van der Waals surface area contributed by atoms with Crippen LogP contribution in [-0.4, -0.2) is 19.1 Å². The molecule has 0 unspecified atom stereocenters. The van der Waals surface area contributed by atoms with Gasteiger partial charge in [0.25, 0.3) is 5.91 Å². The van der Waals surface area contributed by atoms with Gasteiger partial charge in [0.2, 0.25) is 0 Å². The summed E-state index contributed by atoms with van der Waals surface area (Å²) >= 11 is 0. The number of benzene rings is 2. The maximum Gasteiger partial charge on any atom is 0.262 e. The van der Waals surface area contributed by atoms with Crippen molar-refractivity contribution in [3.8, 4) is 23.6 Å². The van der Waals surface area contributed by atoms with Crippen molar-refractivity contribution >= 4 is 12.0 Å². The van der Waals surface area contributed by atoms with Gasteiger partial charge in [-0.1, -0.05) is 43.5 Å². The minimum Gasteiger partial charge on any atom is -0.493 e. The van der Waals surface area contributed by atoms with Crippen LogP contribution < -0.4 is 14.8 Å². The van der Waals surface area contributed by atoms with E-state index in [0.29, 0.717) is 22.6 Å². The van der Waals surface area contributed by atoms with Crippen LogP contribution in [0.4, 0.5) is 0 Å². The van der Waals surface area contributed by atoms with Gasteiger partial charge in [0, 0.05) is 11.6 Å². The predicted molar refractivity (Wildman–Crippen MR) is 117 cm³/mol. The zero-order chi connectivity index (χ0) is 22.1. The monoisotopic (exact) mass is 415 g/mol. The van der Waals surface area contributed by atoms with Gasteiger partial charge in [-0.15, -0.1) is 0 Å². The summed E-state index contributed by atoms with van der Waals surface area (Å²) in [6, 6.07) is 16.7. The van der Waals surface area contributed by atoms with E-state index in [0.717, 1.165) is 31.2 Å². The zero-order valence-corrected chi connectivity index (χ0v) is 17.6. The van der Waals surface area contributed by atoms with E-state index in [9.17, 15) is 15.3 Å². The molecule has 1 aliphatic carbocycles. The normalized spacial score (nSPS) is 14.2. The topological polar surface area (TPSA) is 95.1 Å². The molecule has 1 aliphatic rings. The summed E-state index contributed by atoms with van der Waals surface area (Å²) in [7, 11) is 1.53. The Morgan fingerprint density at radius 1 is 1.13 bits per heavy atom. The van der Waals surface area contributed by atoms with Crippen molar-refractivity contribution < 1.29 is 14.3 Å². The first-order valence-corrected chi connectivity index (χ1v) is 10.4. The highest BCUT2D eigenvalue weighted by molar-refractivity contribution is 6.01. The van der Waals surface area contributed by atoms with E-state index in [1.165, 1.54) is 13.5 Å². The lowest BCUT2D eigenvalue weighted by Gasteiger charge is -2.22. The van der Waals surface area contributed by atoms with Crippen LogP contribution in [-0.2, 0) is 11.4 Å². The first kappa shape index (κ1) is 21.9. The average molecular weight is 415 g/mol. The number of hydrogen-bond donors (Lipinski definition) is 1. The first-order valence-electron chi connectivity index (χ1n) is 10.4. The van der Waals surface area contributed by atoms with Gasteiger partial charge in [0.1, 0.15) is 18.2 Å². The standard InChI is InChI=1S/C25H25N3O3/c1-30-24-14-18(13-21(16-27)25(29)28-22-9-3-2-4-10-22)11-12-23(24)31-17-20-8-6-5-7-19(20)15-26/h5-8,11-14,22H,2-4,9-10,17H2,1H3,(H,28,29)/b21-13-. The fraction of sp³-hybridized carbons (Fsp3) is 0.320. The summed E-state index contributed by atoms with van der Waals surface area (Å²) in [4.78, 5) is 12.5. The molecule has 2 aromatic rings. The Balaban J connectivity index is 1.72. The van der Waals surface area contributed by atoms with E-state index in [1.54, 1.807) is 36.4 Å². The molecule has 0 atom stereocenters. The molecule has 1 N–H and O–H groups in total. The molecule has 0 spiro atoms. The Kier molecular flexibility index (Phi) is 7.67. The molecule has 6 heteroatoms. The number of ether oxygens (including phenoxy) is 2. The summed E-state index contributed by atoms with van der Waals surface area (Å²) in [5.74, 6) is 0.646. The van der Waals surface area contributed by atoms with Crippen LogP contribution in [0.3, 0.4) is 0 Å². The van der Waals surface area contributed by atoms with E-state index in [-0.39, 0.29) is 24.1 Å². The number of carbonyl (C=O) groups is 1. The van der Waals surface area contributed by atoms with Gasteiger partial charge in [-0.25, -0.2) is 0 Å². The van der Waals surface area contributed by atoms with Crippen molar-refractivity contribution in [2.45, 2.75) is 44.8 Å². The van der Waals surface area contributed by atoms with E-state index < -0.39 is 0 Å². The lowest BCUT2D eigenvalue weighted by molar-refractivity contribution is -0.117. The van der Waals surface area contributed by atoms with Crippen molar-refractivity contribution in [2.75, 3.05) is 7.11 Å². The third-order valence-electron chi connectivity index (χ3n) is 5.33. The molecule has 0 saturated heterocycles. The molecule has 6 nitrogen and oxygen atoms in total. The van der Waals surface area contributed by atoms with Crippen LogP contribution in [0.25, 0.3) is 6.08 Å². The highest BCUT2D eigenvalue weighted by Crippen LogP contribution is 2.30. The molecule has 31 heavy (non-hydrogen) atoms. The Bertz CT molecular complexity index is 1040. The highest BCUT2D eigenvalue weighted by atomic mass is 16.5. The van der Waals surface area contributed by atoms with Gasteiger partial charge in [-0.3, -0.25) is 4.79 Å². The molecular formula is C25H25N3O3. The van der Waals surface area contributed by atoms with Gasteiger partial charge in [0.05, 0.1) is 18.7 Å². The molecule has 0 aromatic heterocycles. The summed E-state index contributed by atoms with van der Waals surface area (Å²) in [6.07, 6.45) is 6.87. The van der Waals surface area contributed by atoms with Crippen LogP contribution in [0.5, 0.6) is 11.5 Å².